The van der Waals surface area contributed by atoms with Gasteiger partial charge in [-0.3, -0.25) is 9.69 Å². The topological polar surface area (TPSA) is 96.0 Å². The smallest absolute Gasteiger partial charge is 0.341 e. The molecule has 34 heavy (non-hydrogen) atoms. The number of amides is 1. The van der Waals surface area contributed by atoms with E-state index in [0.29, 0.717) is 27.7 Å². The highest BCUT2D eigenvalue weighted by Crippen LogP contribution is 2.38. The number of thiophene rings is 2. The number of fused-ring (bicyclic) bond motifs is 1. The molecule has 0 unspecified atom stereocenters. The highest BCUT2D eigenvalue weighted by molar-refractivity contribution is 7.91. The first kappa shape index (κ1) is 25.6. The summed E-state index contributed by atoms with van der Waals surface area (Å²) in [6.07, 6.45) is 2.62. The first-order chi connectivity index (χ1) is 16.2. The van der Waals surface area contributed by atoms with Gasteiger partial charge >= 0.3 is 5.97 Å². The maximum Gasteiger partial charge on any atom is 0.341 e. The summed E-state index contributed by atoms with van der Waals surface area (Å²) in [5, 5.41) is 3.50. The molecule has 2 aliphatic heterocycles. The molecule has 12 heteroatoms. The summed E-state index contributed by atoms with van der Waals surface area (Å²) in [7, 11) is -2.26. The Labute approximate surface area is 212 Å². The van der Waals surface area contributed by atoms with Gasteiger partial charge in [0.2, 0.25) is 5.91 Å². The predicted octanol–water partition coefficient (Wildman–Crippen LogP) is 4.06. The normalized spacial score (nSPS) is 18.0. The van der Waals surface area contributed by atoms with E-state index < -0.39 is 16.0 Å². The van der Waals surface area contributed by atoms with Gasteiger partial charge in [0.25, 0.3) is 10.0 Å². The monoisotopic (exact) mass is 545 g/mol. The van der Waals surface area contributed by atoms with Crippen LogP contribution in [0.2, 0.25) is 4.34 Å². The van der Waals surface area contributed by atoms with Gasteiger partial charge in [0.1, 0.15) is 9.21 Å². The van der Waals surface area contributed by atoms with Gasteiger partial charge < -0.3 is 10.1 Å². The van der Waals surface area contributed by atoms with Crippen molar-refractivity contribution in [3.63, 3.8) is 0 Å². The molecular formula is C22H28ClN3O5S3. The minimum atomic E-state index is -3.61. The van der Waals surface area contributed by atoms with E-state index in [1.807, 2.05) is 0 Å². The second kappa shape index (κ2) is 10.6. The molecule has 1 amide bonds. The second-order valence-electron chi connectivity index (χ2n) is 8.45. The zero-order valence-corrected chi connectivity index (χ0v) is 22.3. The third-order valence-electron chi connectivity index (χ3n) is 6.27. The van der Waals surface area contributed by atoms with Gasteiger partial charge in [0, 0.05) is 37.0 Å². The number of nitrogens with one attached hydrogen (secondary N) is 1. The molecule has 2 aromatic heterocycles. The van der Waals surface area contributed by atoms with Gasteiger partial charge in [-0.25, -0.2) is 13.2 Å². The van der Waals surface area contributed by atoms with Crippen LogP contribution in [0.4, 0.5) is 5.00 Å². The fraction of sp³-hybridized carbons (Fsp3) is 0.545. The summed E-state index contributed by atoms with van der Waals surface area (Å²) in [4.78, 5) is 29.1. The lowest BCUT2D eigenvalue weighted by atomic mass is 9.97. The van der Waals surface area contributed by atoms with Gasteiger partial charge in [-0.15, -0.1) is 22.7 Å². The minimum absolute atomic E-state index is 0.189. The van der Waals surface area contributed by atoms with Crippen LogP contribution in [0.5, 0.6) is 0 Å². The average Bonchev–Trinajstić information content (AvgIpc) is 3.42. The van der Waals surface area contributed by atoms with Gasteiger partial charge in [-0.1, -0.05) is 18.5 Å². The number of hydrogen-bond acceptors (Lipinski definition) is 8. The molecule has 8 nitrogen and oxygen atoms in total. The molecule has 4 heterocycles. The third kappa shape index (κ3) is 5.19. The number of ether oxygens (including phenoxy) is 1. The first-order valence-corrected chi connectivity index (χ1v) is 14.7. The van der Waals surface area contributed by atoms with Crippen LogP contribution in [0.3, 0.4) is 0 Å². The molecule has 186 valence electrons. The van der Waals surface area contributed by atoms with E-state index >= 15 is 0 Å². The SMILES string of the molecule is CCCN1CCc2c(sc(NC(=O)C3CCN(S(=O)(=O)c4ccc(Cl)s4)CC3)c2C(=O)OC)C1. The Morgan fingerprint density at radius 3 is 2.56 bits per heavy atom. The number of sulfonamides is 1. The van der Waals surface area contributed by atoms with Crippen LogP contribution < -0.4 is 5.32 Å². The fourth-order valence-corrected chi connectivity index (χ4v) is 8.89. The lowest BCUT2D eigenvalue weighted by Gasteiger charge is -2.30. The molecule has 0 aromatic carbocycles. The third-order valence-corrected chi connectivity index (χ3v) is 11.0. The van der Waals surface area contributed by atoms with Crippen molar-refractivity contribution in [1.82, 2.24) is 9.21 Å². The molecule has 0 spiro atoms. The summed E-state index contributed by atoms with van der Waals surface area (Å²) < 4.78 is 32.7. The molecule has 1 N–H and O–H groups in total. The number of carbonyl (C=O) groups is 2. The molecule has 0 saturated carbocycles. The largest absolute Gasteiger partial charge is 0.465 e. The van der Waals surface area contributed by atoms with Gasteiger partial charge in [0.15, 0.2) is 0 Å². The number of carbonyl (C=O) groups excluding carboxylic acids is 2. The number of methoxy groups -OCH3 is 1. The Morgan fingerprint density at radius 1 is 1.21 bits per heavy atom. The van der Waals surface area contributed by atoms with E-state index in [1.54, 1.807) is 6.07 Å². The van der Waals surface area contributed by atoms with E-state index in [4.69, 9.17) is 16.3 Å². The maximum atomic E-state index is 13.1. The maximum absolute atomic E-state index is 13.1. The minimum Gasteiger partial charge on any atom is -0.465 e. The number of anilines is 1. The molecule has 2 aliphatic rings. The number of halogens is 1. The van der Waals surface area contributed by atoms with Crippen molar-refractivity contribution in [1.29, 1.82) is 0 Å². The summed E-state index contributed by atoms with van der Waals surface area (Å²) >= 11 is 8.37. The molecule has 0 bridgehead atoms. The Kier molecular flexibility index (Phi) is 8.00. The van der Waals surface area contributed by atoms with Crippen LogP contribution >= 0.6 is 34.3 Å². The standard InChI is InChI=1S/C22H28ClN3O5S3/c1-3-9-25-10-8-15-16(13-25)32-21(19(15)22(28)31-2)24-20(27)14-6-11-26(12-7-14)34(29,30)18-5-4-17(23)33-18/h4-5,14H,3,6-13H2,1-2H3,(H,24,27). The summed E-state index contributed by atoms with van der Waals surface area (Å²) in [5.41, 5.74) is 1.43. The lowest BCUT2D eigenvalue weighted by Crippen LogP contribution is -2.41. The number of piperidine rings is 1. The molecule has 1 fully saturated rings. The zero-order valence-electron chi connectivity index (χ0n) is 19.1. The van der Waals surface area contributed by atoms with Crippen molar-refractivity contribution in [2.24, 2.45) is 5.92 Å². The molecule has 0 atom stereocenters. The van der Waals surface area contributed by atoms with Crippen molar-refractivity contribution >= 4 is 61.2 Å². The molecule has 2 aromatic rings. The second-order valence-corrected chi connectivity index (χ2v) is 13.4. The highest BCUT2D eigenvalue weighted by Gasteiger charge is 2.34. The van der Waals surface area contributed by atoms with Crippen LogP contribution in [0.1, 0.15) is 47.0 Å². The van der Waals surface area contributed by atoms with Gasteiger partial charge in [-0.05, 0) is 49.9 Å². The Morgan fingerprint density at radius 2 is 1.94 bits per heavy atom. The fourth-order valence-electron chi connectivity index (χ4n) is 4.51. The molecular weight excluding hydrogens is 518 g/mol. The number of rotatable bonds is 7. The van der Waals surface area contributed by atoms with E-state index in [-0.39, 0.29) is 29.1 Å². The molecule has 4 rings (SSSR count). The summed E-state index contributed by atoms with van der Waals surface area (Å²) in [5.74, 6) is -0.961. The molecule has 1 saturated heterocycles. The van der Waals surface area contributed by atoms with Crippen molar-refractivity contribution in [3.8, 4) is 0 Å². The molecule has 0 aliphatic carbocycles. The van der Waals surface area contributed by atoms with Crippen LogP contribution in [0.25, 0.3) is 0 Å². The van der Waals surface area contributed by atoms with Gasteiger partial charge in [-0.2, -0.15) is 4.31 Å². The van der Waals surface area contributed by atoms with E-state index in [9.17, 15) is 18.0 Å². The van der Waals surface area contributed by atoms with Crippen LogP contribution in [-0.2, 0) is 32.5 Å². The summed E-state index contributed by atoms with van der Waals surface area (Å²) in [6.45, 7) is 5.28. The Balaban J connectivity index is 1.45. The lowest BCUT2D eigenvalue weighted by molar-refractivity contribution is -0.120. The van der Waals surface area contributed by atoms with Crippen LogP contribution in [0, 0.1) is 5.92 Å². The molecule has 0 radical (unpaired) electrons. The zero-order chi connectivity index (χ0) is 24.5. The first-order valence-electron chi connectivity index (χ1n) is 11.3. The Bertz CT molecular complexity index is 1170. The van der Waals surface area contributed by atoms with Crippen molar-refractivity contribution in [2.45, 2.75) is 43.4 Å². The van der Waals surface area contributed by atoms with Crippen molar-refractivity contribution in [3.05, 3.63) is 32.5 Å². The van der Waals surface area contributed by atoms with E-state index in [0.717, 1.165) is 54.3 Å². The number of nitrogens with zero attached hydrogens (tertiary/aromatic N) is 2. The van der Waals surface area contributed by atoms with E-state index in [1.165, 1.54) is 28.8 Å². The highest BCUT2D eigenvalue weighted by atomic mass is 35.5. The van der Waals surface area contributed by atoms with Crippen LogP contribution in [-0.4, -0.2) is 62.8 Å². The summed E-state index contributed by atoms with van der Waals surface area (Å²) in [6, 6.07) is 3.08. The van der Waals surface area contributed by atoms with Crippen LogP contribution in [0.15, 0.2) is 16.3 Å². The van der Waals surface area contributed by atoms with Crippen molar-refractivity contribution in [2.75, 3.05) is 38.6 Å². The van der Waals surface area contributed by atoms with Crippen molar-refractivity contribution < 1.29 is 22.7 Å². The van der Waals surface area contributed by atoms with Gasteiger partial charge in [0.05, 0.1) is 17.0 Å². The quantitative estimate of drug-likeness (QED) is 0.527. The predicted molar refractivity (Wildman–Crippen MR) is 134 cm³/mol. The number of esters is 1. The Hall–Kier alpha value is -1.50. The van der Waals surface area contributed by atoms with E-state index in [2.05, 4.69) is 17.1 Å². The average molecular weight is 546 g/mol. The number of hydrogen-bond donors (Lipinski definition) is 1.